The summed E-state index contributed by atoms with van der Waals surface area (Å²) in [6.07, 6.45) is 1.57. The van der Waals surface area contributed by atoms with Gasteiger partial charge in [0.2, 0.25) is 0 Å². The molecule has 2 aliphatic heterocycles. The third kappa shape index (κ3) is 2.35. The van der Waals surface area contributed by atoms with Crippen LogP contribution in [0, 0.1) is 0 Å². The molecule has 2 aliphatic rings. The SMILES string of the molecule is COc1cc2c3c(c4ccc(CO)cc4c2cc1O)[C@H](O)[C@@H]1CCCN1C3. The number of phenolic OH excluding ortho intramolecular Hbond substituents is 1. The molecule has 5 rings (SSSR count). The lowest BCUT2D eigenvalue weighted by Crippen LogP contribution is -2.39. The van der Waals surface area contributed by atoms with E-state index in [2.05, 4.69) is 4.90 Å². The summed E-state index contributed by atoms with van der Waals surface area (Å²) >= 11 is 0. The highest BCUT2D eigenvalue weighted by molar-refractivity contribution is 6.12. The predicted molar refractivity (Wildman–Crippen MR) is 104 cm³/mol. The molecule has 2 heterocycles. The van der Waals surface area contributed by atoms with Crippen molar-refractivity contribution in [3.63, 3.8) is 0 Å². The molecular formula is C22H23NO4. The summed E-state index contributed by atoms with van der Waals surface area (Å²) in [7, 11) is 1.55. The fourth-order valence-corrected chi connectivity index (χ4v) is 4.97. The molecule has 5 nitrogen and oxygen atoms in total. The van der Waals surface area contributed by atoms with E-state index in [4.69, 9.17) is 4.74 Å². The summed E-state index contributed by atoms with van der Waals surface area (Å²) in [6, 6.07) is 9.63. The smallest absolute Gasteiger partial charge is 0.161 e. The van der Waals surface area contributed by atoms with Crippen molar-refractivity contribution in [1.29, 1.82) is 0 Å². The second-order valence-corrected chi connectivity index (χ2v) is 7.62. The highest BCUT2D eigenvalue weighted by Crippen LogP contribution is 2.46. The van der Waals surface area contributed by atoms with E-state index in [1.807, 2.05) is 24.3 Å². The van der Waals surface area contributed by atoms with E-state index in [0.717, 1.165) is 64.2 Å². The first-order chi connectivity index (χ1) is 13.1. The minimum absolute atomic E-state index is 0.0460. The van der Waals surface area contributed by atoms with Gasteiger partial charge >= 0.3 is 0 Å². The molecular weight excluding hydrogens is 342 g/mol. The van der Waals surface area contributed by atoms with E-state index in [9.17, 15) is 15.3 Å². The molecule has 0 amide bonds. The molecule has 0 bridgehead atoms. The Hall–Kier alpha value is -2.34. The van der Waals surface area contributed by atoms with Crippen LogP contribution in [0.5, 0.6) is 11.5 Å². The van der Waals surface area contributed by atoms with Gasteiger partial charge in [-0.05, 0) is 75.8 Å². The second-order valence-electron chi connectivity index (χ2n) is 7.62. The standard InChI is InChI=1S/C22H23NO4/c1-27-20-9-16-15(8-19(20)25)14-7-12(11-24)4-5-13(14)21-17(16)10-23-6-2-3-18(23)22(21)26/h4-5,7-9,18,22,24-26H,2-3,6,10-11H2,1H3/t18-,22+/m0/s1. The van der Waals surface area contributed by atoms with Crippen LogP contribution in [-0.2, 0) is 13.2 Å². The van der Waals surface area contributed by atoms with Gasteiger partial charge in [-0.15, -0.1) is 0 Å². The number of hydrogen-bond acceptors (Lipinski definition) is 5. The van der Waals surface area contributed by atoms with Gasteiger partial charge in [0.15, 0.2) is 11.5 Å². The van der Waals surface area contributed by atoms with Gasteiger partial charge in [-0.2, -0.15) is 0 Å². The molecule has 0 aromatic heterocycles. The minimum Gasteiger partial charge on any atom is -0.504 e. The van der Waals surface area contributed by atoms with Gasteiger partial charge in [0.05, 0.1) is 19.8 Å². The van der Waals surface area contributed by atoms with Gasteiger partial charge in [-0.3, -0.25) is 4.90 Å². The number of rotatable bonds is 2. The largest absolute Gasteiger partial charge is 0.504 e. The number of ether oxygens (including phenoxy) is 1. The predicted octanol–water partition coefficient (Wildman–Crippen LogP) is 3.21. The van der Waals surface area contributed by atoms with Gasteiger partial charge in [0.25, 0.3) is 0 Å². The van der Waals surface area contributed by atoms with Crippen LogP contribution in [0.25, 0.3) is 21.5 Å². The summed E-state index contributed by atoms with van der Waals surface area (Å²) < 4.78 is 5.35. The Balaban J connectivity index is 1.92. The zero-order chi connectivity index (χ0) is 18.7. The lowest BCUT2D eigenvalue weighted by Gasteiger charge is -2.37. The molecule has 140 valence electrons. The first-order valence-electron chi connectivity index (χ1n) is 9.43. The number of methoxy groups -OCH3 is 1. The number of fused-ring (bicyclic) bond motifs is 7. The first-order valence-corrected chi connectivity index (χ1v) is 9.43. The molecule has 0 spiro atoms. The van der Waals surface area contributed by atoms with Crippen LogP contribution in [0.4, 0.5) is 0 Å². The van der Waals surface area contributed by atoms with Gasteiger partial charge < -0.3 is 20.1 Å². The van der Waals surface area contributed by atoms with Crippen LogP contribution >= 0.6 is 0 Å². The molecule has 2 atom stereocenters. The quantitative estimate of drug-likeness (QED) is 0.608. The summed E-state index contributed by atoms with van der Waals surface area (Å²) in [5.74, 6) is 0.524. The van der Waals surface area contributed by atoms with Crippen LogP contribution < -0.4 is 4.74 Å². The molecule has 3 N–H and O–H groups in total. The van der Waals surface area contributed by atoms with Gasteiger partial charge in [0.1, 0.15) is 0 Å². The van der Waals surface area contributed by atoms with Crippen molar-refractivity contribution in [2.24, 2.45) is 0 Å². The minimum atomic E-state index is -0.539. The normalized spacial score (nSPS) is 22.2. The molecule has 0 saturated carbocycles. The van der Waals surface area contributed by atoms with Gasteiger partial charge in [-0.1, -0.05) is 12.1 Å². The molecule has 3 aromatic rings. The zero-order valence-corrected chi connectivity index (χ0v) is 15.3. The van der Waals surface area contributed by atoms with E-state index in [1.54, 1.807) is 13.2 Å². The van der Waals surface area contributed by atoms with Crippen LogP contribution in [-0.4, -0.2) is 39.9 Å². The fourth-order valence-electron chi connectivity index (χ4n) is 4.97. The van der Waals surface area contributed by atoms with E-state index in [0.29, 0.717) is 5.75 Å². The number of hydrogen-bond donors (Lipinski definition) is 3. The molecule has 27 heavy (non-hydrogen) atoms. The van der Waals surface area contributed by atoms with Crippen molar-refractivity contribution < 1.29 is 20.1 Å². The Labute approximate surface area is 157 Å². The Morgan fingerprint density at radius 3 is 2.70 bits per heavy atom. The number of aromatic hydroxyl groups is 1. The molecule has 1 fully saturated rings. The average molecular weight is 365 g/mol. The van der Waals surface area contributed by atoms with Crippen molar-refractivity contribution in [3.05, 3.63) is 47.0 Å². The van der Waals surface area contributed by atoms with Crippen molar-refractivity contribution in [3.8, 4) is 11.5 Å². The third-order valence-electron chi connectivity index (χ3n) is 6.25. The maximum absolute atomic E-state index is 11.2. The van der Waals surface area contributed by atoms with Crippen molar-refractivity contribution in [2.45, 2.75) is 38.1 Å². The van der Waals surface area contributed by atoms with Crippen molar-refractivity contribution in [1.82, 2.24) is 4.90 Å². The molecule has 3 aromatic carbocycles. The summed E-state index contributed by atoms with van der Waals surface area (Å²) in [4.78, 5) is 2.36. The Morgan fingerprint density at radius 2 is 1.93 bits per heavy atom. The van der Waals surface area contributed by atoms with Crippen LogP contribution in [0.3, 0.4) is 0 Å². The Kier molecular flexibility index (Phi) is 3.79. The Morgan fingerprint density at radius 1 is 1.11 bits per heavy atom. The fraction of sp³-hybridized carbons (Fsp3) is 0.364. The lowest BCUT2D eigenvalue weighted by molar-refractivity contribution is 0.0552. The number of phenols is 1. The number of aliphatic hydroxyl groups is 2. The Bertz CT molecular complexity index is 1060. The maximum atomic E-state index is 11.2. The molecule has 0 unspecified atom stereocenters. The average Bonchev–Trinajstić information content (AvgIpc) is 3.16. The number of benzene rings is 3. The molecule has 0 radical (unpaired) electrons. The summed E-state index contributed by atoms with van der Waals surface area (Å²) in [5, 5.41) is 35.0. The van der Waals surface area contributed by atoms with Crippen LogP contribution in [0.15, 0.2) is 30.3 Å². The van der Waals surface area contributed by atoms with E-state index < -0.39 is 6.10 Å². The van der Waals surface area contributed by atoms with E-state index in [-0.39, 0.29) is 18.4 Å². The van der Waals surface area contributed by atoms with E-state index >= 15 is 0 Å². The lowest BCUT2D eigenvalue weighted by atomic mass is 9.83. The topological polar surface area (TPSA) is 73.2 Å². The molecule has 0 aliphatic carbocycles. The summed E-state index contributed by atoms with van der Waals surface area (Å²) in [5.41, 5.74) is 2.91. The number of nitrogens with zero attached hydrogens (tertiary/aromatic N) is 1. The van der Waals surface area contributed by atoms with E-state index in [1.165, 1.54) is 0 Å². The van der Waals surface area contributed by atoms with Crippen molar-refractivity contribution >= 4 is 21.5 Å². The number of aliphatic hydroxyl groups excluding tert-OH is 2. The van der Waals surface area contributed by atoms with Gasteiger partial charge in [0, 0.05) is 12.6 Å². The first kappa shape index (κ1) is 16.8. The highest BCUT2D eigenvalue weighted by atomic mass is 16.5. The van der Waals surface area contributed by atoms with Crippen LogP contribution in [0.1, 0.15) is 35.6 Å². The molecule has 5 heteroatoms. The van der Waals surface area contributed by atoms with Gasteiger partial charge in [-0.25, -0.2) is 0 Å². The second kappa shape index (κ2) is 6.09. The zero-order valence-electron chi connectivity index (χ0n) is 15.3. The monoisotopic (exact) mass is 365 g/mol. The van der Waals surface area contributed by atoms with Crippen molar-refractivity contribution in [2.75, 3.05) is 13.7 Å². The maximum Gasteiger partial charge on any atom is 0.161 e. The molecule has 1 saturated heterocycles. The third-order valence-corrected chi connectivity index (χ3v) is 6.25. The van der Waals surface area contributed by atoms with Crippen LogP contribution in [0.2, 0.25) is 0 Å². The summed E-state index contributed by atoms with van der Waals surface area (Å²) in [6.45, 7) is 1.74. The highest BCUT2D eigenvalue weighted by Gasteiger charge is 2.38.